The molecule has 4 rings (SSSR count). The quantitative estimate of drug-likeness (QED) is 0.339. The summed E-state index contributed by atoms with van der Waals surface area (Å²) in [4.78, 5) is 53.0. The molecule has 0 bridgehead atoms. The summed E-state index contributed by atoms with van der Waals surface area (Å²) in [5, 5.41) is 8.49. The van der Waals surface area contributed by atoms with Crippen molar-refractivity contribution in [2.45, 2.75) is 50.6 Å². The van der Waals surface area contributed by atoms with Crippen molar-refractivity contribution < 1.29 is 28.3 Å². The number of hydrogen-bond acceptors (Lipinski definition) is 5. The zero-order chi connectivity index (χ0) is 25.1. The van der Waals surface area contributed by atoms with Crippen molar-refractivity contribution in [1.29, 1.82) is 0 Å². The van der Waals surface area contributed by atoms with Crippen molar-refractivity contribution in [2.24, 2.45) is 17.6 Å². The van der Waals surface area contributed by atoms with E-state index in [9.17, 15) is 23.6 Å². The number of carbonyl (C=O) groups is 4. The number of benzene rings is 1. The standard InChI is InChI=1S/C24H30FN5O5/c1-35-19-7-6-15(25)20-14(19)11-18(28-20)24(34)30-17(9-12-4-5-12)23(33)29-16(21(26)31)10-13-3-2-8-27-22(13)32/h6-7,11-13,16-17,28H,2-5,8-10H2,1H3,(H2,26,31)(H,27,32)(H,29,33)(H,30,34). The summed E-state index contributed by atoms with van der Waals surface area (Å²) in [5.74, 6) is -2.33. The van der Waals surface area contributed by atoms with E-state index < -0.39 is 41.5 Å². The second kappa shape index (κ2) is 10.3. The van der Waals surface area contributed by atoms with Gasteiger partial charge in [0.1, 0.15) is 29.3 Å². The van der Waals surface area contributed by atoms with E-state index in [-0.39, 0.29) is 29.5 Å². The molecular formula is C24H30FN5O5. The molecular weight excluding hydrogens is 457 g/mol. The van der Waals surface area contributed by atoms with Gasteiger partial charge in [0.2, 0.25) is 17.7 Å². The minimum atomic E-state index is -1.04. The predicted molar refractivity (Wildman–Crippen MR) is 125 cm³/mol. The van der Waals surface area contributed by atoms with Crippen molar-refractivity contribution in [3.8, 4) is 5.75 Å². The van der Waals surface area contributed by atoms with Gasteiger partial charge in [0, 0.05) is 17.8 Å². The highest BCUT2D eigenvalue weighted by atomic mass is 19.1. The largest absolute Gasteiger partial charge is 0.496 e. The highest BCUT2D eigenvalue weighted by Crippen LogP contribution is 2.34. The van der Waals surface area contributed by atoms with Gasteiger partial charge in [-0.25, -0.2) is 4.39 Å². The second-order valence-corrected chi connectivity index (χ2v) is 9.26. The summed E-state index contributed by atoms with van der Waals surface area (Å²) >= 11 is 0. The summed E-state index contributed by atoms with van der Waals surface area (Å²) in [7, 11) is 1.45. The SMILES string of the molecule is COc1ccc(F)c2[nH]c(C(=O)NC(CC3CC3)C(=O)NC(CC3CCCNC3=O)C(N)=O)cc12. The number of nitrogens with one attached hydrogen (secondary N) is 4. The third-order valence-corrected chi connectivity index (χ3v) is 6.63. The fourth-order valence-electron chi connectivity index (χ4n) is 4.48. The number of halogens is 1. The minimum Gasteiger partial charge on any atom is -0.496 e. The number of hydrogen-bond donors (Lipinski definition) is 5. The molecule has 3 unspecified atom stereocenters. The number of aromatic nitrogens is 1. The zero-order valence-corrected chi connectivity index (χ0v) is 19.5. The van der Waals surface area contributed by atoms with Crippen molar-refractivity contribution >= 4 is 34.5 Å². The maximum Gasteiger partial charge on any atom is 0.268 e. The van der Waals surface area contributed by atoms with E-state index in [2.05, 4.69) is 20.9 Å². The van der Waals surface area contributed by atoms with Crippen LogP contribution in [0.1, 0.15) is 49.0 Å². The Morgan fingerprint density at radius 2 is 1.94 bits per heavy atom. The Bertz CT molecular complexity index is 1140. The second-order valence-electron chi connectivity index (χ2n) is 9.26. The first kappa shape index (κ1) is 24.5. The van der Waals surface area contributed by atoms with Crippen molar-refractivity contribution in [1.82, 2.24) is 20.9 Å². The van der Waals surface area contributed by atoms with Gasteiger partial charge < -0.3 is 31.4 Å². The average molecular weight is 488 g/mol. The van der Waals surface area contributed by atoms with E-state index in [1.54, 1.807) is 0 Å². The number of methoxy groups -OCH3 is 1. The van der Waals surface area contributed by atoms with Crippen LogP contribution in [-0.4, -0.2) is 54.4 Å². The molecule has 1 aromatic carbocycles. The minimum absolute atomic E-state index is 0.0716. The Balaban J connectivity index is 1.48. The van der Waals surface area contributed by atoms with Gasteiger partial charge in [0.05, 0.1) is 12.6 Å². The number of piperidine rings is 1. The Morgan fingerprint density at radius 1 is 1.17 bits per heavy atom. The van der Waals surface area contributed by atoms with E-state index in [1.165, 1.54) is 25.3 Å². The van der Waals surface area contributed by atoms with Crippen molar-refractivity contribution in [2.75, 3.05) is 13.7 Å². The molecule has 2 fully saturated rings. The van der Waals surface area contributed by atoms with Crippen LogP contribution in [-0.2, 0) is 14.4 Å². The molecule has 3 atom stereocenters. The average Bonchev–Trinajstić information content (AvgIpc) is 3.53. The number of ether oxygens (including phenoxy) is 1. The highest BCUT2D eigenvalue weighted by Gasteiger charge is 2.34. The van der Waals surface area contributed by atoms with Crippen LogP contribution in [0.2, 0.25) is 0 Å². The van der Waals surface area contributed by atoms with E-state index >= 15 is 0 Å². The van der Waals surface area contributed by atoms with Gasteiger partial charge in [0.15, 0.2) is 0 Å². The number of amides is 4. The van der Waals surface area contributed by atoms with Crippen molar-refractivity contribution in [3.05, 3.63) is 29.7 Å². The summed E-state index contributed by atoms with van der Waals surface area (Å²) in [5.41, 5.74) is 5.71. The predicted octanol–water partition coefficient (Wildman–Crippen LogP) is 1.10. The molecule has 1 aromatic heterocycles. The third kappa shape index (κ3) is 5.72. The summed E-state index contributed by atoms with van der Waals surface area (Å²) in [6, 6.07) is 2.20. The van der Waals surface area contributed by atoms with Crippen LogP contribution in [0, 0.1) is 17.7 Å². The highest BCUT2D eigenvalue weighted by molar-refractivity contribution is 6.02. The lowest BCUT2D eigenvalue weighted by atomic mass is 9.91. The summed E-state index contributed by atoms with van der Waals surface area (Å²) < 4.78 is 19.5. The maximum absolute atomic E-state index is 14.2. The third-order valence-electron chi connectivity index (χ3n) is 6.63. The molecule has 6 N–H and O–H groups in total. The number of carbonyl (C=O) groups excluding carboxylic acids is 4. The van der Waals surface area contributed by atoms with Crippen LogP contribution in [0.5, 0.6) is 5.75 Å². The van der Waals surface area contributed by atoms with Gasteiger partial charge >= 0.3 is 0 Å². The molecule has 188 valence electrons. The van der Waals surface area contributed by atoms with Gasteiger partial charge in [-0.15, -0.1) is 0 Å². The lowest BCUT2D eigenvalue weighted by Gasteiger charge is -2.27. The first-order valence-corrected chi connectivity index (χ1v) is 11.8. The summed E-state index contributed by atoms with van der Waals surface area (Å²) in [6.07, 6.45) is 3.76. The lowest BCUT2D eigenvalue weighted by molar-refractivity contribution is -0.131. The summed E-state index contributed by atoms with van der Waals surface area (Å²) in [6.45, 7) is 0.585. The van der Waals surface area contributed by atoms with E-state index in [0.29, 0.717) is 30.5 Å². The zero-order valence-electron chi connectivity index (χ0n) is 19.5. The van der Waals surface area contributed by atoms with Gasteiger partial charge in [0.25, 0.3) is 5.91 Å². The van der Waals surface area contributed by atoms with Crippen LogP contribution >= 0.6 is 0 Å². The molecule has 1 aliphatic carbocycles. The van der Waals surface area contributed by atoms with Gasteiger partial charge in [-0.05, 0) is 49.8 Å². The molecule has 0 spiro atoms. The molecule has 10 nitrogen and oxygen atoms in total. The number of fused-ring (bicyclic) bond motifs is 1. The van der Waals surface area contributed by atoms with Crippen LogP contribution in [0.3, 0.4) is 0 Å². The Kier molecular flexibility index (Phi) is 7.23. The van der Waals surface area contributed by atoms with E-state index in [4.69, 9.17) is 10.5 Å². The van der Waals surface area contributed by atoms with E-state index in [1.807, 2.05) is 0 Å². The maximum atomic E-state index is 14.2. The number of aromatic amines is 1. The molecule has 2 aromatic rings. The fraction of sp³-hybridized carbons (Fsp3) is 0.500. The Hall–Kier alpha value is -3.63. The van der Waals surface area contributed by atoms with Crippen LogP contribution < -0.4 is 26.4 Å². The van der Waals surface area contributed by atoms with Gasteiger partial charge in [-0.3, -0.25) is 19.2 Å². The fourth-order valence-corrected chi connectivity index (χ4v) is 4.48. The van der Waals surface area contributed by atoms with Crippen LogP contribution in [0.15, 0.2) is 18.2 Å². The molecule has 11 heteroatoms. The molecule has 35 heavy (non-hydrogen) atoms. The van der Waals surface area contributed by atoms with Crippen LogP contribution in [0.25, 0.3) is 10.9 Å². The van der Waals surface area contributed by atoms with Crippen molar-refractivity contribution in [3.63, 3.8) is 0 Å². The molecule has 2 heterocycles. The molecule has 0 radical (unpaired) electrons. The Morgan fingerprint density at radius 3 is 2.60 bits per heavy atom. The van der Waals surface area contributed by atoms with Crippen LogP contribution in [0.4, 0.5) is 4.39 Å². The first-order valence-electron chi connectivity index (χ1n) is 11.8. The number of primary amides is 1. The van der Waals surface area contributed by atoms with Gasteiger partial charge in [-0.2, -0.15) is 0 Å². The molecule has 1 saturated heterocycles. The molecule has 2 aliphatic rings. The molecule has 1 aliphatic heterocycles. The number of nitrogens with two attached hydrogens (primary N) is 1. The first-order chi connectivity index (χ1) is 16.8. The lowest BCUT2D eigenvalue weighted by Crippen LogP contribution is -2.54. The topological polar surface area (TPSA) is 155 Å². The molecule has 4 amide bonds. The monoisotopic (exact) mass is 487 g/mol. The normalized spacial score (nSPS) is 19.5. The van der Waals surface area contributed by atoms with E-state index in [0.717, 1.165) is 19.3 Å². The van der Waals surface area contributed by atoms with Gasteiger partial charge in [-0.1, -0.05) is 12.8 Å². The molecule has 1 saturated carbocycles. The number of rotatable bonds is 10. The Labute approximate surface area is 201 Å². The number of H-pyrrole nitrogens is 1. The smallest absolute Gasteiger partial charge is 0.268 e.